The zero-order valence-electron chi connectivity index (χ0n) is 16.7. The molecule has 2 fully saturated rings. The number of halogens is 2. The van der Waals surface area contributed by atoms with Crippen molar-refractivity contribution in [1.29, 1.82) is 0 Å². The molecule has 0 N–H and O–H groups in total. The van der Waals surface area contributed by atoms with Crippen LogP contribution < -0.4 is 9.47 Å². The molecule has 1 heterocycles. The molecule has 156 valence electrons. The predicted molar refractivity (Wildman–Crippen MR) is 101 cm³/mol. The van der Waals surface area contributed by atoms with Crippen LogP contribution in [0.25, 0.3) is 0 Å². The highest BCUT2D eigenvalue weighted by Crippen LogP contribution is 2.38. The number of rotatable bonds is 7. The number of ether oxygens (including phenoxy) is 3. The molecule has 1 aromatic carbocycles. The van der Waals surface area contributed by atoms with E-state index in [4.69, 9.17) is 14.2 Å². The van der Waals surface area contributed by atoms with Gasteiger partial charge in [0.05, 0.1) is 24.7 Å². The van der Waals surface area contributed by atoms with Gasteiger partial charge in [-0.25, -0.2) is 0 Å². The Balaban J connectivity index is 1.51. The van der Waals surface area contributed by atoms with Crippen LogP contribution in [0.5, 0.6) is 11.5 Å². The molecule has 1 saturated carbocycles. The van der Waals surface area contributed by atoms with Gasteiger partial charge in [-0.1, -0.05) is 13.3 Å². The summed E-state index contributed by atoms with van der Waals surface area (Å²) in [4.78, 5) is 12.4. The summed E-state index contributed by atoms with van der Waals surface area (Å²) in [6.45, 7) is 4.08. The Hall–Kier alpha value is -1.69. The van der Waals surface area contributed by atoms with Crippen LogP contribution in [0, 0.1) is 23.5 Å². The molecule has 6 heteroatoms. The predicted octanol–water partition coefficient (Wildman–Crippen LogP) is 5.42. The van der Waals surface area contributed by atoms with E-state index in [0.717, 1.165) is 38.5 Å². The monoisotopic (exact) mass is 396 g/mol. The van der Waals surface area contributed by atoms with Gasteiger partial charge in [0.2, 0.25) is 11.6 Å². The molecule has 28 heavy (non-hydrogen) atoms. The number of esters is 1. The van der Waals surface area contributed by atoms with E-state index in [9.17, 15) is 13.6 Å². The largest absolute Gasteiger partial charge is 0.491 e. The third kappa shape index (κ3) is 4.83. The first-order valence-corrected chi connectivity index (χ1v) is 10.5. The normalized spacial score (nSPS) is 27.6. The minimum atomic E-state index is -1.19. The van der Waals surface area contributed by atoms with E-state index in [2.05, 4.69) is 6.92 Å². The summed E-state index contributed by atoms with van der Waals surface area (Å²) in [6, 6.07) is 2.53. The van der Waals surface area contributed by atoms with Gasteiger partial charge in [-0.3, -0.25) is 4.79 Å². The van der Waals surface area contributed by atoms with Gasteiger partial charge in [0.1, 0.15) is 0 Å². The summed E-state index contributed by atoms with van der Waals surface area (Å²) in [7, 11) is 0. The Morgan fingerprint density at radius 2 is 1.71 bits per heavy atom. The average molecular weight is 396 g/mol. The summed E-state index contributed by atoms with van der Waals surface area (Å²) in [5, 5.41) is 0. The molecule has 1 aliphatic carbocycles. The van der Waals surface area contributed by atoms with Gasteiger partial charge in [0.25, 0.3) is 0 Å². The molecule has 0 aromatic heterocycles. The van der Waals surface area contributed by atoms with Crippen molar-refractivity contribution < 1.29 is 27.8 Å². The molecule has 2 aliphatic rings. The molecule has 0 spiro atoms. The van der Waals surface area contributed by atoms with Crippen molar-refractivity contribution in [1.82, 2.24) is 0 Å². The molecule has 4 nitrogen and oxygen atoms in total. The first-order chi connectivity index (χ1) is 13.5. The molecule has 2 unspecified atom stereocenters. The second-order valence-corrected chi connectivity index (χ2v) is 7.82. The first kappa shape index (κ1) is 21.0. The molecule has 1 saturated heterocycles. The number of carbonyl (C=O) groups excluding carboxylic acids is 1. The van der Waals surface area contributed by atoms with Crippen molar-refractivity contribution in [3.05, 3.63) is 23.8 Å². The topological polar surface area (TPSA) is 44.8 Å². The van der Waals surface area contributed by atoms with Crippen molar-refractivity contribution in [3.63, 3.8) is 0 Å². The van der Waals surface area contributed by atoms with Crippen molar-refractivity contribution in [2.45, 2.75) is 77.4 Å². The van der Waals surface area contributed by atoms with E-state index in [1.807, 2.05) is 0 Å². The van der Waals surface area contributed by atoms with Crippen LogP contribution >= 0.6 is 0 Å². The van der Waals surface area contributed by atoms with Crippen LogP contribution in [-0.4, -0.2) is 24.8 Å². The SMILES string of the molecule is CCCC1CCC(C2CCC(C(=O)Oc3ccc(OCC)c(F)c3F)CC2)O1. The van der Waals surface area contributed by atoms with Crippen molar-refractivity contribution in [2.24, 2.45) is 11.8 Å². The average Bonchev–Trinajstić information content (AvgIpc) is 3.17. The molecule has 0 amide bonds. The van der Waals surface area contributed by atoms with Gasteiger partial charge in [-0.15, -0.1) is 0 Å². The first-order valence-electron chi connectivity index (χ1n) is 10.5. The molecule has 1 aliphatic heterocycles. The third-order valence-corrected chi connectivity index (χ3v) is 5.90. The van der Waals surface area contributed by atoms with Crippen LogP contribution in [0.1, 0.15) is 65.2 Å². The number of hydrogen-bond acceptors (Lipinski definition) is 4. The summed E-state index contributed by atoms with van der Waals surface area (Å²) in [5.74, 6) is -3.17. The summed E-state index contributed by atoms with van der Waals surface area (Å²) in [5.41, 5.74) is 0. The zero-order valence-corrected chi connectivity index (χ0v) is 16.7. The number of benzene rings is 1. The van der Waals surface area contributed by atoms with E-state index in [0.29, 0.717) is 31.0 Å². The molecular formula is C22H30F2O4. The van der Waals surface area contributed by atoms with Gasteiger partial charge in [-0.05, 0) is 69.9 Å². The molecule has 3 rings (SSSR count). The Bertz CT molecular complexity index is 671. The maximum Gasteiger partial charge on any atom is 0.314 e. The van der Waals surface area contributed by atoms with Crippen molar-refractivity contribution in [3.8, 4) is 11.5 Å². The van der Waals surface area contributed by atoms with Gasteiger partial charge in [0, 0.05) is 0 Å². The van der Waals surface area contributed by atoms with Crippen LogP contribution in [0.2, 0.25) is 0 Å². The quantitative estimate of drug-likeness (QED) is 0.456. The van der Waals surface area contributed by atoms with E-state index in [-0.39, 0.29) is 24.0 Å². The third-order valence-electron chi connectivity index (χ3n) is 5.90. The van der Waals surface area contributed by atoms with Crippen LogP contribution in [-0.2, 0) is 9.53 Å². The highest BCUT2D eigenvalue weighted by atomic mass is 19.2. The fourth-order valence-corrected chi connectivity index (χ4v) is 4.39. The number of carbonyl (C=O) groups is 1. The molecule has 0 bridgehead atoms. The van der Waals surface area contributed by atoms with Crippen molar-refractivity contribution >= 4 is 5.97 Å². The van der Waals surface area contributed by atoms with Crippen LogP contribution in [0.15, 0.2) is 12.1 Å². The molecule has 2 atom stereocenters. The van der Waals surface area contributed by atoms with Gasteiger partial charge in [0.15, 0.2) is 11.5 Å². The second-order valence-electron chi connectivity index (χ2n) is 7.82. The van der Waals surface area contributed by atoms with Crippen LogP contribution in [0.4, 0.5) is 8.78 Å². The standard InChI is InChI=1S/C22H30F2O4/c1-3-5-16-10-11-17(27-16)14-6-8-15(9-7-14)22(25)28-19-13-12-18(26-4-2)20(23)21(19)24/h12-17H,3-11H2,1-2H3. The molecular weight excluding hydrogens is 366 g/mol. The lowest BCUT2D eigenvalue weighted by molar-refractivity contribution is -0.141. The minimum Gasteiger partial charge on any atom is -0.491 e. The maximum absolute atomic E-state index is 14.1. The Morgan fingerprint density at radius 1 is 1.04 bits per heavy atom. The minimum absolute atomic E-state index is 0.182. The summed E-state index contributed by atoms with van der Waals surface area (Å²) < 4.78 is 44.4. The van der Waals surface area contributed by atoms with E-state index < -0.39 is 17.6 Å². The highest BCUT2D eigenvalue weighted by Gasteiger charge is 2.36. The van der Waals surface area contributed by atoms with Crippen LogP contribution in [0.3, 0.4) is 0 Å². The van der Waals surface area contributed by atoms with Gasteiger partial charge >= 0.3 is 5.97 Å². The maximum atomic E-state index is 14.1. The van der Waals surface area contributed by atoms with Gasteiger partial charge in [-0.2, -0.15) is 8.78 Å². The fraction of sp³-hybridized carbons (Fsp3) is 0.682. The van der Waals surface area contributed by atoms with Gasteiger partial charge < -0.3 is 14.2 Å². The Labute approximate surface area is 165 Å². The number of hydrogen-bond donors (Lipinski definition) is 0. The lowest BCUT2D eigenvalue weighted by Crippen LogP contribution is -2.31. The van der Waals surface area contributed by atoms with E-state index in [1.54, 1.807) is 6.92 Å². The highest BCUT2D eigenvalue weighted by molar-refractivity contribution is 5.75. The zero-order chi connectivity index (χ0) is 20.1. The van der Waals surface area contributed by atoms with E-state index in [1.165, 1.54) is 12.1 Å². The lowest BCUT2D eigenvalue weighted by Gasteiger charge is -2.31. The smallest absolute Gasteiger partial charge is 0.314 e. The Morgan fingerprint density at radius 3 is 2.39 bits per heavy atom. The summed E-state index contributed by atoms with van der Waals surface area (Å²) in [6.07, 6.45) is 8.37. The molecule has 1 aromatic rings. The Kier molecular flexibility index (Phi) is 7.27. The second kappa shape index (κ2) is 9.68. The molecule has 0 radical (unpaired) electrons. The van der Waals surface area contributed by atoms with E-state index >= 15 is 0 Å². The summed E-state index contributed by atoms with van der Waals surface area (Å²) >= 11 is 0. The van der Waals surface area contributed by atoms with Crippen molar-refractivity contribution in [2.75, 3.05) is 6.61 Å². The lowest BCUT2D eigenvalue weighted by atomic mass is 9.79. The fourth-order valence-electron chi connectivity index (χ4n) is 4.39.